The van der Waals surface area contributed by atoms with Crippen LogP contribution < -0.4 is 5.32 Å². The van der Waals surface area contributed by atoms with Crippen molar-refractivity contribution in [2.24, 2.45) is 10.8 Å². The van der Waals surface area contributed by atoms with E-state index < -0.39 is 34.1 Å². The molecule has 2 rings (SSSR count). The fourth-order valence-electron chi connectivity index (χ4n) is 3.49. The van der Waals surface area contributed by atoms with Crippen molar-refractivity contribution in [1.82, 2.24) is 5.32 Å². The van der Waals surface area contributed by atoms with Gasteiger partial charge >= 0.3 is 5.97 Å². The number of rotatable bonds is 7. The van der Waals surface area contributed by atoms with Crippen LogP contribution in [-0.4, -0.2) is 41.4 Å². The molecule has 0 saturated heterocycles. The molecule has 0 unspecified atom stereocenters. The molecule has 7 nitrogen and oxygen atoms in total. The summed E-state index contributed by atoms with van der Waals surface area (Å²) in [7, 11) is 0. The Hall–Kier alpha value is -3.61. The number of hydrogen-bond acceptors (Lipinski definition) is 6. The molecule has 1 amide bonds. The summed E-state index contributed by atoms with van der Waals surface area (Å²) in [6, 6.07) is 10.5. The van der Waals surface area contributed by atoms with E-state index in [2.05, 4.69) is 5.32 Å². The Labute approximate surface area is 219 Å². The first-order chi connectivity index (χ1) is 16.8. The second kappa shape index (κ2) is 10.8. The Balaban J connectivity index is 2.46. The van der Waals surface area contributed by atoms with Gasteiger partial charge in [-0.05, 0) is 32.9 Å². The van der Waals surface area contributed by atoms with Crippen LogP contribution in [0.2, 0.25) is 0 Å². The van der Waals surface area contributed by atoms with Crippen molar-refractivity contribution in [1.29, 1.82) is 0 Å². The van der Waals surface area contributed by atoms with Gasteiger partial charge in [-0.15, -0.1) is 0 Å². The van der Waals surface area contributed by atoms with Gasteiger partial charge in [0.05, 0.1) is 5.56 Å². The highest BCUT2D eigenvalue weighted by atomic mass is 16.6. The van der Waals surface area contributed by atoms with Gasteiger partial charge in [0.2, 0.25) is 0 Å². The second-order valence-electron chi connectivity index (χ2n) is 12.1. The van der Waals surface area contributed by atoms with Gasteiger partial charge in [-0.1, -0.05) is 71.9 Å². The van der Waals surface area contributed by atoms with Gasteiger partial charge < -0.3 is 10.1 Å². The summed E-state index contributed by atoms with van der Waals surface area (Å²) in [5.41, 5.74) is -0.927. The van der Waals surface area contributed by atoms with Gasteiger partial charge in [0.1, 0.15) is 12.1 Å². The number of benzene rings is 2. The standard InChI is InChI=1S/C30H37NO6/c1-28(2,3)25(34)19-12-10-18(11-13-19)24(33)22-16-20(26(35)29(4,5)6)14-15-21(22)27(36)31-17-23(32)37-30(7,8)9/h10-16H,17H2,1-9H3,(H,31,36). The lowest BCUT2D eigenvalue weighted by Gasteiger charge is -2.20. The Kier molecular flexibility index (Phi) is 8.64. The molecule has 0 aromatic heterocycles. The van der Waals surface area contributed by atoms with Crippen LogP contribution in [0.15, 0.2) is 42.5 Å². The van der Waals surface area contributed by atoms with Crippen molar-refractivity contribution >= 4 is 29.2 Å². The predicted molar refractivity (Wildman–Crippen MR) is 142 cm³/mol. The van der Waals surface area contributed by atoms with E-state index in [4.69, 9.17) is 4.74 Å². The molecular weight excluding hydrogens is 470 g/mol. The van der Waals surface area contributed by atoms with Crippen molar-refractivity contribution < 1.29 is 28.7 Å². The molecular formula is C30H37NO6. The second-order valence-corrected chi connectivity index (χ2v) is 12.1. The molecule has 0 aliphatic carbocycles. The maximum atomic E-state index is 13.5. The Morgan fingerprint density at radius 3 is 1.59 bits per heavy atom. The van der Waals surface area contributed by atoms with Crippen molar-refractivity contribution in [3.05, 3.63) is 70.3 Å². The summed E-state index contributed by atoms with van der Waals surface area (Å²) in [6.45, 7) is 15.5. The third-order valence-electron chi connectivity index (χ3n) is 5.36. The van der Waals surface area contributed by atoms with Crippen LogP contribution in [0.25, 0.3) is 0 Å². The number of Topliss-reactive ketones (excluding diaryl/α,β-unsaturated/α-hetero) is 2. The molecule has 198 valence electrons. The van der Waals surface area contributed by atoms with Crippen LogP contribution in [0, 0.1) is 10.8 Å². The maximum absolute atomic E-state index is 13.5. The highest BCUT2D eigenvalue weighted by Crippen LogP contribution is 2.25. The molecule has 2 aromatic rings. The Morgan fingerprint density at radius 2 is 1.11 bits per heavy atom. The number of esters is 1. The fourth-order valence-corrected chi connectivity index (χ4v) is 3.49. The van der Waals surface area contributed by atoms with Gasteiger partial charge in [-0.25, -0.2) is 0 Å². The zero-order valence-corrected chi connectivity index (χ0v) is 23.2. The normalized spacial score (nSPS) is 12.0. The van der Waals surface area contributed by atoms with Crippen molar-refractivity contribution in [3.63, 3.8) is 0 Å². The maximum Gasteiger partial charge on any atom is 0.325 e. The highest BCUT2D eigenvalue weighted by Gasteiger charge is 2.27. The smallest absolute Gasteiger partial charge is 0.325 e. The predicted octanol–water partition coefficient (Wildman–Crippen LogP) is 5.45. The zero-order valence-electron chi connectivity index (χ0n) is 23.2. The summed E-state index contributed by atoms with van der Waals surface area (Å²) < 4.78 is 5.22. The number of hydrogen-bond donors (Lipinski definition) is 1. The third-order valence-corrected chi connectivity index (χ3v) is 5.36. The minimum absolute atomic E-state index is 0.0201. The molecule has 2 aromatic carbocycles. The van der Waals surface area contributed by atoms with E-state index in [1.165, 1.54) is 30.3 Å². The van der Waals surface area contributed by atoms with Crippen LogP contribution >= 0.6 is 0 Å². The van der Waals surface area contributed by atoms with Crippen molar-refractivity contribution in [2.45, 2.75) is 67.9 Å². The first-order valence-corrected chi connectivity index (χ1v) is 12.2. The number of amides is 1. The van der Waals surface area contributed by atoms with Crippen LogP contribution in [0.5, 0.6) is 0 Å². The summed E-state index contributed by atoms with van der Waals surface area (Å²) in [5, 5.41) is 2.49. The first kappa shape index (κ1) is 29.6. The lowest BCUT2D eigenvalue weighted by atomic mass is 9.84. The molecule has 0 bridgehead atoms. The molecule has 0 spiro atoms. The van der Waals surface area contributed by atoms with Gasteiger partial charge in [-0.2, -0.15) is 0 Å². The minimum Gasteiger partial charge on any atom is -0.459 e. The van der Waals surface area contributed by atoms with E-state index in [-0.39, 0.29) is 34.8 Å². The monoisotopic (exact) mass is 507 g/mol. The molecule has 0 atom stereocenters. The largest absolute Gasteiger partial charge is 0.459 e. The first-order valence-electron chi connectivity index (χ1n) is 12.2. The molecule has 0 heterocycles. The van der Waals surface area contributed by atoms with E-state index >= 15 is 0 Å². The van der Waals surface area contributed by atoms with E-state index in [1.54, 1.807) is 53.7 Å². The molecule has 0 fully saturated rings. The summed E-state index contributed by atoms with van der Waals surface area (Å²) in [6.07, 6.45) is 0. The van der Waals surface area contributed by atoms with Gasteiger partial charge in [0.25, 0.3) is 5.91 Å². The summed E-state index contributed by atoms with van der Waals surface area (Å²) in [4.78, 5) is 64.1. The quantitative estimate of drug-likeness (QED) is 0.395. The van der Waals surface area contributed by atoms with Crippen LogP contribution in [0.1, 0.15) is 109 Å². The van der Waals surface area contributed by atoms with Crippen LogP contribution in [0.4, 0.5) is 0 Å². The summed E-state index contributed by atoms with van der Waals surface area (Å²) in [5.74, 6) is -2.00. The van der Waals surface area contributed by atoms with Gasteiger partial charge in [0, 0.05) is 33.1 Å². The average Bonchev–Trinajstić information content (AvgIpc) is 2.78. The molecule has 1 N–H and O–H groups in total. The molecule has 0 aliphatic rings. The Bertz CT molecular complexity index is 1220. The summed E-state index contributed by atoms with van der Waals surface area (Å²) >= 11 is 0. The lowest BCUT2D eigenvalue weighted by Crippen LogP contribution is -2.35. The molecule has 0 aliphatic heterocycles. The van der Waals surface area contributed by atoms with E-state index in [0.29, 0.717) is 11.1 Å². The van der Waals surface area contributed by atoms with Crippen molar-refractivity contribution in [3.8, 4) is 0 Å². The van der Waals surface area contributed by atoms with Gasteiger partial charge in [-0.3, -0.25) is 24.0 Å². The lowest BCUT2D eigenvalue weighted by molar-refractivity contribution is -0.153. The van der Waals surface area contributed by atoms with Crippen LogP contribution in [0.3, 0.4) is 0 Å². The topological polar surface area (TPSA) is 107 Å². The van der Waals surface area contributed by atoms with Crippen molar-refractivity contribution in [2.75, 3.05) is 6.54 Å². The fraction of sp³-hybridized carbons (Fsp3) is 0.433. The molecule has 0 saturated carbocycles. The van der Waals surface area contributed by atoms with Gasteiger partial charge in [0.15, 0.2) is 17.3 Å². The highest BCUT2D eigenvalue weighted by molar-refractivity contribution is 6.17. The number of carbonyl (C=O) groups is 5. The zero-order chi connectivity index (χ0) is 28.3. The van der Waals surface area contributed by atoms with E-state index in [9.17, 15) is 24.0 Å². The third kappa shape index (κ3) is 7.94. The van der Waals surface area contributed by atoms with E-state index in [0.717, 1.165) is 0 Å². The average molecular weight is 508 g/mol. The van der Waals surface area contributed by atoms with Crippen LogP contribution in [-0.2, 0) is 9.53 Å². The Morgan fingerprint density at radius 1 is 0.649 bits per heavy atom. The molecule has 37 heavy (non-hydrogen) atoms. The number of ketones is 3. The number of carbonyl (C=O) groups excluding carboxylic acids is 5. The SMILES string of the molecule is CC(C)(C)OC(=O)CNC(=O)c1ccc(C(=O)C(C)(C)C)cc1C(=O)c1ccc(C(=O)C(C)(C)C)cc1. The number of ether oxygens (including phenoxy) is 1. The minimum atomic E-state index is -0.710. The molecule has 0 radical (unpaired) electrons. The van der Waals surface area contributed by atoms with E-state index in [1.807, 2.05) is 20.8 Å². The number of nitrogens with one attached hydrogen (secondary N) is 1. The molecule has 7 heteroatoms.